The minimum absolute atomic E-state index is 0.278. The van der Waals surface area contributed by atoms with E-state index in [4.69, 9.17) is 4.74 Å². The summed E-state index contributed by atoms with van der Waals surface area (Å²) in [4.78, 5) is 6.66. The highest BCUT2D eigenvalue weighted by Gasteiger charge is 2.44. The van der Waals surface area contributed by atoms with Crippen LogP contribution in [0.25, 0.3) is 0 Å². The van der Waals surface area contributed by atoms with Crippen molar-refractivity contribution in [3.8, 4) is 5.75 Å². The van der Waals surface area contributed by atoms with Crippen LogP contribution in [0, 0.1) is 0 Å². The molecular formula is C15H21N3O. The Balaban J connectivity index is 1.69. The van der Waals surface area contributed by atoms with Gasteiger partial charge in [-0.15, -0.1) is 0 Å². The van der Waals surface area contributed by atoms with Gasteiger partial charge in [-0.1, -0.05) is 12.1 Å². The van der Waals surface area contributed by atoms with Gasteiger partial charge in [-0.2, -0.15) is 0 Å². The zero-order valence-corrected chi connectivity index (χ0v) is 11.6. The zero-order chi connectivity index (χ0) is 13.3. The first kappa shape index (κ1) is 12.3. The number of nitrogens with zero attached hydrogens (tertiary/aromatic N) is 2. The molecule has 19 heavy (non-hydrogen) atoms. The summed E-state index contributed by atoms with van der Waals surface area (Å²) in [6.45, 7) is 2.89. The molecule has 0 bridgehead atoms. The van der Waals surface area contributed by atoms with Gasteiger partial charge in [0.15, 0.2) is 5.96 Å². The fourth-order valence-corrected chi connectivity index (χ4v) is 2.64. The normalized spacial score (nSPS) is 20.1. The lowest BCUT2D eigenvalue weighted by Crippen LogP contribution is -2.39. The van der Waals surface area contributed by atoms with E-state index in [1.165, 1.54) is 18.4 Å². The average molecular weight is 259 g/mol. The molecule has 4 heteroatoms. The summed E-state index contributed by atoms with van der Waals surface area (Å²) in [6.07, 6.45) is 2.48. The fourth-order valence-electron chi connectivity index (χ4n) is 2.64. The first-order valence-corrected chi connectivity index (χ1v) is 6.87. The fraction of sp³-hybridized carbons (Fsp3) is 0.533. The molecule has 0 aromatic heterocycles. The Morgan fingerprint density at radius 2 is 2.26 bits per heavy atom. The molecule has 0 radical (unpaired) electrons. The molecular weight excluding hydrogens is 238 g/mol. The van der Waals surface area contributed by atoms with Gasteiger partial charge in [0.1, 0.15) is 5.75 Å². The second kappa shape index (κ2) is 4.76. The van der Waals surface area contributed by atoms with Crippen LogP contribution in [0.5, 0.6) is 5.75 Å². The number of nitrogens with one attached hydrogen (secondary N) is 1. The Kier molecular flexibility index (Phi) is 3.09. The van der Waals surface area contributed by atoms with E-state index in [1.807, 2.05) is 6.07 Å². The van der Waals surface area contributed by atoms with Gasteiger partial charge in [-0.3, -0.25) is 4.99 Å². The van der Waals surface area contributed by atoms with Gasteiger partial charge in [0, 0.05) is 25.6 Å². The van der Waals surface area contributed by atoms with Crippen molar-refractivity contribution in [2.24, 2.45) is 4.99 Å². The second-order valence-electron chi connectivity index (χ2n) is 5.49. The number of aliphatic imine (C=N–C) groups is 1. The predicted octanol–water partition coefficient (Wildman–Crippen LogP) is 1.62. The van der Waals surface area contributed by atoms with Gasteiger partial charge in [-0.05, 0) is 30.5 Å². The zero-order valence-electron chi connectivity index (χ0n) is 11.6. The van der Waals surface area contributed by atoms with Crippen LogP contribution in [0.2, 0.25) is 0 Å². The molecule has 0 amide bonds. The van der Waals surface area contributed by atoms with Gasteiger partial charge >= 0.3 is 0 Å². The van der Waals surface area contributed by atoms with E-state index >= 15 is 0 Å². The monoisotopic (exact) mass is 259 g/mol. The molecule has 1 aliphatic carbocycles. The SMILES string of the molecule is COc1cccc(C2(CNC3=NCCN3C)CC2)c1. The largest absolute Gasteiger partial charge is 0.497 e. The summed E-state index contributed by atoms with van der Waals surface area (Å²) >= 11 is 0. The molecule has 0 atom stereocenters. The number of rotatable bonds is 4. The molecule has 102 valence electrons. The van der Waals surface area contributed by atoms with Crippen LogP contribution in [0.3, 0.4) is 0 Å². The van der Waals surface area contributed by atoms with Gasteiger partial charge in [0.05, 0.1) is 13.7 Å². The van der Waals surface area contributed by atoms with Crippen LogP contribution in [0.15, 0.2) is 29.3 Å². The Morgan fingerprint density at radius 1 is 1.42 bits per heavy atom. The Morgan fingerprint density at radius 3 is 2.89 bits per heavy atom. The number of likely N-dealkylation sites (N-methyl/N-ethyl adjacent to an activating group) is 1. The van der Waals surface area contributed by atoms with E-state index in [0.29, 0.717) is 0 Å². The van der Waals surface area contributed by atoms with Crippen molar-refractivity contribution in [2.75, 3.05) is 33.8 Å². The minimum atomic E-state index is 0.278. The smallest absolute Gasteiger partial charge is 0.193 e. The first-order chi connectivity index (χ1) is 9.23. The molecule has 3 rings (SSSR count). The van der Waals surface area contributed by atoms with E-state index in [0.717, 1.165) is 31.3 Å². The van der Waals surface area contributed by atoms with E-state index in [2.05, 4.69) is 40.5 Å². The number of hydrogen-bond acceptors (Lipinski definition) is 4. The van der Waals surface area contributed by atoms with E-state index < -0.39 is 0 Å². The summed E-state index contributed by atoms with van der Waals surface area (Å²) < 4.78 is 5.32. The lowest BCUT2D eigenvalue weighted by Gasteiger charge is -2.21. The standard InChI is InChI=1S/C15H21N3O/c1-18-9-8-16-14(18)17-11-15(6-7-15)12-4-3-5-13(10-12)19-2/h3-5,10H,6-9,11H2,1-2H3,(H,16,17). The number of ether oxygens (including phenoxy) is 1. The Bertz CT molecular complexity index is 494. The molecule has 1 N–H and O–H groups in total. The molecule has 0 saturated heterocycles. The van der Waals surface area contributed by atoms with Crippen molar-refractivity contribution < 1.29 is 4.74 Å². The topological polar surface area (TPSA) is 36.9 Å². The lowest BCUT2D eigenvalue weighted by atomic mass is 9.96. The summed E-state index contributed by atoms with van der Waals surface area (Å²) in [5.74, 6) is 1.98. The maximum atomic E-state index is 5.32. The van der Waals surface area contributed by atoms with E-state index in [9.17, 15) is 0 Å². The molecule has 1 aromatic carbocycles. The Labute approximate surface area is 114 Å². The maximum Gasteiger partial charge on any atom is 0.193 e. The van der Waals surface area contributed by atoms with Gasteiger partial charge in [0.2, 0.25) is 0 Å². The second-order valence-corrected chi connectivity index (χ2v) is 5.49. The highest BCUT2D eigenvalue weighted by molar-refractivity contribution is 5.81. The average Bonchev–Trinajstić information content (AvgIpc) is 3.14. The molecule has 1 aliphatic heterocycles. The highest BCUT2D eigenvalue weighted by atomic mass is 16.5. The third kappa shape index (κ3) is 2.39. The van der Waals surface area contributed by atoms with Crippen molar-refractivity contribution in [2.45, 2.75) is 18.3 Å². The summed E-state index contributed by atoms with van der Waals surface area (Å²) in [7, 11) is 3.81. The maximum absolute atomic E-state index is 5.32. The first-order valence-electron chi connectivity index (χ1n) is 6.87. The Hall–Kier alpha value is -1.71. The summed E-state index contributed by atoms with van der Waals surface area (Å²) in [5.41, 5.74) is 1.65. The molecule has 0 spiro atoms. The summed E-state index contributed by atoms with van der Waals surface area (Å²) in [6, 6.07) is 8.45. The van der Waals surface area contributed by atoms with Crippen molar-refractivity contribution in [3.05, 3.63) is 29.8 Å². The minimum Gasteiger partial charge on any atom is -0.497 e. The molecule has 2 aliphatic rings. The number of methoxy groups -OCH3 is 1. The lowest BCUT2D eigenvalue weighted by molar-refractivity contribution is 0.413. The van der Waals surface area contributed by atoms with Crippen LogP contribution in [-0.4, -0.2) is 44.7 Å². The van der Waals surface area contributed by atoms with Crippen molar-refractivity contribution in [3.63, 3.8) is 0 Å². The van der Waals surface area contributed by atoms with Crippen molar-refractivity contribution >= 4 is 5.96 Å². The quantitative estimate of drug-likeness (QED) is 0.892. The number of guanidine groups is 1. The van der Waals surface area contributed by atoms with Gasteiger partial charge < -0.3 is 15.0 Å². The molecule has 0 unspecified atom stereocenters. The molecule has 1 fully saturated rings. The van der Waals surface area contributed by atoms with Crippen LogP contribution < -0.4 is 10.1 Å². The molecule has 1 heterocycles. The van der Waals surface area contributed by atoms with Gasteiger partial charge in [0.25, 0.3) is 0 Å². The molecule has 1 saturated carbocycles. The third-order valence-corrected chi connectivity index (χ3v) is 4.18. The van der Waals surface area contributed by atoms with Crippen molar-refractivity contribution in [1.29, 1.82) is 0 Å². The molecule has 1 aromatic rings. The van der Waals surface area contributed by atoms with Crippen LogP contribution in [0.4, 0.5) is 0 Å². The van der Waals surface area contributed by atoms with Crippen LogP contribution in [-0.2, 0) is 5.41 Å². The highest BCUT2D eigenvalue weighted by Crippen LogP contribution is 2.48. The van der Waals surface area contributed by atoms with E-state index in [-0.39, 0.29) is 5.41 Å². The van der Waals surface area contributed by atoms with E-state index in [1.54, 1.807) is 7.11 Å². The van der Waals surface area contributed by atoms with Crippen LogP contribution >= 0.6 is 0 Å². The molecule has 4 nitrogen and oxygen atoms in total. The van der Waals surface area contributed by atoms with Crippen molar-refractivity contribution in [1.82, 2.24) is 10.2 Å². The third-order valence-electron chi connectivity index (χ3n) is 4.18. The van der Waals surface area contributed by atoms with Gasteiger partial charge in [-0.25, -0.2) is 0 Å². The summed E-state index contributed by atoms with van der Waals surface area (Å²) in [5, 5.41) is 3.51. The number of benzene rings is 1. The van der Waals surface area contributed by atoms with Crippen LogP contribution in [0.1, 0.15) is 18.4 Å². The predicted molar refractivity (Wildman–Crippen MR) is 76.8 cm³/mol. The number of hydrogen-bond donors (Lipinski definition) is 1.